The minimum Gasteiger partial charge on any atom is -0.458 e. The molecule has 6 nitrogen and oxygen atoms in total. The molecular formula is C25H22N2O4. The Morgan fingerprint density at radius 1 is 0.806 bits per heavy atom. The third-order valence-corrected chi connectivity index (χ3v) is 4.40. The van der Waals surface area contributed by atoms with E-state index in [0.717, 1.165) is 0 Å². The molecule has 3 aromatic carbocycles. The van der Waals surface area contributed by atoms with Crippen molar-refractivity contribution in [3.05, 3.63) is 108 Å². The molecule has 0 aliphatic carbocycles. The largest absolute Gasteiger partial charge is 0.458 e. The third-order valence-electron chi connectivity index (χ3n) is 4.40. The first-order valence-corrected chi connectivity index (χ1v) is 9.69. The smallest absolute Gasteiger partial charge is 0.340 e. The number of carbonyl (C=O) groups excluding carboxylic acids is 3. The maximum Gasteiger partial charge on any atom is 0.340 e. The number of amides is 1. The second-order valence-corrected chi connectivity index (χ2v) is 6.58. The highest BCUT2D eigenvalue weighted by Crippen LogP contribution is 2.20. The van der Waals surface area contributed by atoms with Crippen molar-refractivity contribution in [3.8, 4) is 0 Å². The molecule has 3 aromatic rings. The number of ketones is 1. The molecule has 0 aromatic heterocycles. The molecule has 1 amide bonds. The number of hydrogen-bond donors (Lipinski definition) is 2. The zero-order valence-electron chi connectivity index (χ0n) is 16.8. The van der Waals surface area contributed by atoms with Crippen LogP contribution in [0.1, 0.15) is 26.3 Å². The summed E-state index contributed by atoms with van der Waals surface area (Å²) in [5.41, 5.74) is 2.14. The Morgan fingerprint density at radius 3 is 2.13 bits per heavy atom. The summed E-state index contributed by atoms with van der Waals surface area (Å²) in [5.74, 6) is -1.05. The molecule has 6 heteroatoms. The van der Waals surface area contributed by atoms with Gasteiger partial charge < -0.3 is 15.4 Å². The number of para-hydroxylation sites is 2. The standard InChI is InChI=1S/C25H22N2O4/c1-2-16-31-25(30)20-13-7-8-14-21(20)26-17-23(28)27-22-15-9-6-12-19(22)24(29)18-10-4-3-5-11-18/h2-15,26H,1,16-17H2,(H,27,28). The van der Waals surface area contributed by atoms with E-state index in [-0.39, 0.29) is 24.8 Å². The molecule has 0 spiro atoms. The Labute approximate surface area is 180 Å². The first kappa shape index (κ1) is 21.5. The van der Waals surface area contributed by atoms with Crippen molar-refractivity contribution in [1.82, 2.24) is 0 Å². The zero-order valence-corrected chi connectivity index (χ0v) is 16.8. The van der Waals surface area contributed by atoms with Crippen LogP contribution in [0.3, 0.4) is 0 Å². The molecule has 0 unspecified atom stereocenters. The normalized spacial score (nSPS) is 10.1. The van der Waals surface area contributed by atoms with Gasteiger partial charge in [-0.15, -0.1) is 0 Å². The van der Waals surface area contributed by atoms with Crippen molar-refractivity contribution >= 4 is 29.0 Å². The van der Waals surface area contributed by atoms with Crippen LogP contribution < -0.4 is 10.6 Å². The van der Waals surface area contributed by atoms with Gasteiger partial charge in [0.2, 0.25) is 5.91 Å². The van der Waals surface area contributed by atoms with Gasteiger partial charge in [-0.25, -0.2) is 4.79 Å². The van der Waals surface area contributed by atoms with Crippen molar-refractivity contribution in [2.45, 2.75) is 0 Å². The summed E-state index contributed by atoms with van der Waals surface area (Å²) in [4.78, 5) is 37.5. The van der Waals surface area contributed by atoms with E-state index >= 15 is 0 Å². The van der Waals surface area contributed by atoms with Crippen LogP contribution in [0.15, 0.2) is 91.5 Å². The lowest BCUT2D eigenvalue weighted by atomic mass is 10.0. The molecule has 0 heterocycles. The van der Waals surface area contributed by atoms with Crippen LogP contribution >= 0.6 is 0 Å². The van der Waals surface area contributed by atoms with Crippen LogP contribution in [0.5, 0.6) is 0 Å². The molecule has 2 N–H and O–H groups in total. The fourth-order valence-corrected chi connectivity index (χ4v) is 2.93. The molecular weight excluding hydrogens is 392 g/mol. The van der Waals surface area contributed by atoms with Crippen LogP contribution in [0.25, 0.3) is 0 Å². The number of ether oxygens (including phenoxy) is 1. The van der Waals surface area contributed by atoms with Gasteiger partial charge >= 0.3 is 5.97 Å². The van der Waals surface area contributed by atoms with E-state index in [9.17, 15) is 14.4 Å². The summed E-state index contributed by atoms with van der Waals surface area (Å²) in [6.07, 6.45) is 1.48. The minimum absolute atomic E-state index is 0.0971. The highest BCUT2D eigenvalue weighted by molar-refractivity contribution is 6.14. The lowest BCUT2D eigenvalue weighted by molar-refractivity contribution is -0.114. The summed E-state index contributed by atoms with van der Waals surface area (Å²) in [7, 11) is 0. The molecule has 0 atom stereocenters. The number of carbonyl (C=O) groups is 3. The number of esters is 1. The van der Waals surface area contributed by atoms with Crippen molar-refractivity contribution in [3.63, 3.8) is 0 Å². The maximum absolute atomic E-state index is 12.8. The molecule has 31 heavy (non-hydrogen) atoms. The summed E-state index contributed by atoms with van der Waals surface area (Å²) in [6, 6.07) is 22.5. The predicted molar refractivity (Wildman–Crippen MR) is 120 cm³/mol. The fraction of sp³-hybridized carbons (Fsp3) is 0.0800. The van der Waals surface area contributed by atoms with Gasteiger partial charge in [0.25, 0.3) is 0 Å². The molecule has 0 saturated carbocycles. The van der Waals surface area contributed by atoms with E-state index in [1.807, 2.05) is 6.07 Å². The van der Waals surface area contributed by atoms with E-state index in [0.29, 0.717) is 28.1 Å². The lowest BCUT2D eigenvalue weighted by Crippen LogP contribution is -2.24. The van der Waals surface area contributed by atoms with E-state index < -0.39 is 5.97 Å². The monoisotopic (exact) mass is 414 g/mol. The molecule has 0 radical (unpaired) electrons. The number of anilines is 2. The predicted octanol–water partition coefficient (Wildman–Crippen LogP) is 4.31. The lowest BCUT2D eigenvalue weighted by Gasteiger charge is -2.13. The van der Waals surface area contributed by atoms with E-state index in [1.165, 1.54) is 6.08 Å². The van der Waals surface area contributed by atoms with Crippen molar-refractivity contribution in [1.29, 1.82) is 0 Å². The number of nitrogens with one attached hydrogen (secondary N) is 2. The van der Waals surface area contributed by atoms with Crippen molar-refractivity contribution in [2.75, 3.05) is 23.8 Å². The molecule has 0 aliphatic rings. The van der Waals surface area contributed by atoms with Crippen LogP contribution in [0, 0.1) is 0 Å². The summed E-state index contributed by atoms with van der Waals surface area (Å²) in [6.45, 7) is 3.52. The Morgan fingerprint density at radius 2 is 1.42 bits per heavy atom. The van der Waals surface area contributed by atoms with Gasteiger partial charge in [-0.05, 0) is 24.3 Å². The zero-order chi connectivity index (χ0) is 22.1. The molecule has 0 fully saturated rings. The van der Waals surface area contributed by atoms with Crippen LogP contribution in [-0.2, 0) is 9.53 Å². The Hall–Kier alpha value is -4.19. The van der Waals surface area contributed by atoms with E-state index in [4.69, 9.17) is 4.74 Å². The van der Waals surface area contributed by atoms with Gasteiger partial charge in [0, 0.05) is 16.8 Å². The average Bonchev–Trinajstić information content (AvgIpc) is 2.82. The molecule has 0 bridgehead atoms. The van der Waals surface area contributed by atoms with E-state index in [1.54, 1.807) is 72.8 Å². The molecule has 0 aliphatic heterocycles. The van der Waals surface area contributed by atoms with Crippen LogP contribution in [0.4, 0.5) is 11.4 Å². The van der Waals surface area contributed by atoms with Gasteiger partial charge in [-0.3, -0.25) is 9.59 Å². The number of hydrogen-bond acceptors (Lipinski definition) is 5. The first-order chi connectivity index (χ1) is 15.1. The topological polar surface area (TPSA) is 84.5 Å². The third kappa shape index (κ3) is 5.67. The molecule has 0 saturated heterocycles. The van der Waals surface area contributed by atoms with Crippen LogP contribution in [-0.4, -0.2) is 30.8 Å². The summed E-state index contributed by atoms with van der Waals surface area (Å²) in [5, 5.41) is 5.71. The Kier molecular flexibility index (Phi) is 7.32. The quantitative estimate of drug-likeness (QED) is 0.310. The van der Waals surface area contributed by atoms with Gasteiger partial charge in [-0.1, -0.05) is 67.3 Å². The van der Waals surface area contributed by atoms with Gasteiger partial charge in [0.15, 0.2) is 5.78 Å². The second kappa shape index (κ2) is 10.5. The second-order valence-electron chi connectivity index (χ2n) is 6.58. The Balaban J connectivity index is 1.69. The van der Waals surface area contributed by atoms with Gasteiger partial charge in [0.05, 0.1) is 17.8 Å². The van der Waals surface area contributed by atoms with Crippen molar-refractivity contribution in [2.24, 2.45) is 0 Å². The highest BCUT2D eigenvalue weighted by atomic mass is 16.5. The number of rotatable bonds is 9. The summed E-state index contributed by atoms with van der Waals surface area (Å²) >= 11 is 0. The van der Waals surface area contributed by atoms with Gasteiger partial charge in [-0.2, -0.15) is 0 Å². The Bertz CT molecular complexity index is 1090. The molecule has 3 rings (SSSR count). The first-order valence-electron chi connectivity index (χ1n) is 9.69. The van der Waals surface area contributed by atoms with Crippen LogP contribution in [0.2, 0.25) is 0 Å². The molecule has 156 valence electrons. The number of benzene rings is 3. The maximum atomic E-state index is 12.8. The fourth-order valence-electron chi connectivity index (χ4n) is 2.93. The summed E-state index contributed by atoms with van der Waals surface area (Å²) < 4.78 is 5.07. The minimum atomic E-state index is -0.512. The van der Waals surface area contributed by atoms with Crippen molar-refractivity contribution < 1.29 is 19.1 Å². The average molecular weight is 414 g/mol. The highest BCUT2D eigenvalue weighted by Gasteiger charge is 2.16. The SMILES string of the molecule is C=CCOC(=O)c1ccccc1NCC(=O)Nc1ccccc1C(=O)c1ccccc1. The van der Waals surface area contributed by atoms with E-state index in [2.05, 4.69) is 17.2 Å². The van der Waals surface area contributed by atoms with Gasteiger partial charge in [0.1, 0.15) is 6.61 Å².